The number of halogens is 1. The number of anilines is 1. The Kier molecular flexibility index (Phi) is 4.87. The summed E-state index contributed by atoms with van der Waals surface area (Å²) in [5.41, 5.74) is 7.59. The van der Waals surface area contributed by atoms with Gasteiger partial charge in [0, 0.05) is 23.4 Å². The third-order valence-electron chi connectivity index (χ3n) is 3.49. The fourth-order valence-corrected chi connectivity index (χ4v) is 2.57. The molecule has 2 unspecified atom stereocenters. The van der Waals surface area contributed by atoms with Crippen molar-refractivity contribution >= 4 is 17.3 Å². The average molecular weight is 270 g/mol. The average Bonchev–Trinajstić information content (AvgIpc) is 2.40. The maximum Gasteiger partial charge on any atom is 0.0741 e. The Hall–Kier alpha value is -0.770. The minimum atomic E-state index is 0.266. The van der Waals surface area contributed by atoms with E-state index < -0.39 is 0 Å². The lowest BCUT2D eigenvalue weighted by Gasteiger charge is -2.28. The largest absolute Gasteiger partial charge is 0.398 e. The number of methoxy groups -OCH3 is 1. The van der Waals surface area contributed by atoms with E-state index in [0.717, 1.165) is 36.9 Å². The number of hydrogen-bond acceptors (Lipinski definition) is 3. The second-order valence-corrected chi connectivity index (χ2v) is 5.24. The van der Waals surface area contributed by atoms with Crippen LogP contribution in [0.3, 0.4) is 0 Å². The Bertz CT molecular complexity index is 397. The summed E-state index contributed by atoms with van der Waals surface area (Å²) < 4.78 is 11.3. The first-order chi connectivity index (χ1) is 8.69. The number of rotatable bonds is 4. The number of nitrogen functional groups attached to an aromatic ring is 1. The van der Waals surface area contributed by atoms with E-state index in [1.165, 1.54) is 0 Å². The van der Waals surface area contributed by atoms with Crippen molar-refractivity contribution in [1.29, 1.82) is 0 Å². The molecule has 1 aliphatic carbocycles. The molecule has 0 amide bonds. The summed E-state index contributed by atoms with van der Waals surface area (Å²) in [6, 6.07) is 5.48. The summed E-state index contributed by atoms with van der Waals surface area (Å²) in [4.78, 5) is 0. The Morgan fingerprint density at radius 3 is 2.89 bits per heavy atom. The number of ether oxygens (including phenoxy) is 2. The first kappa shape index (κ1) is 13.7. The molecule has 0 radical (unpaired) electrons. The van der Waals surface area contributed by atoms with Gasteiger partial charge in [0.2, 0.25) is 0 Å². The monoisotopic (exact) mass is 269 g/mol. The van der Waals surface area contributed by atoms with Gasteiger partial charge in [0.15, 0.2) is 0 Å². The highest BCUT2D eigenvalue weighted by Crippen LogP contribution is 2.25. The molecule has 0 aromatic heterocycles. The van der Waals surface area contributed by atoms with Gasteiger partial charge in [-0.2, -0.15) is 0 Å². The van der Waals surface area contributed by atoms with Crippen molar-refractivity contribution in [2.24, 2.45) is 0 Å². The Morgan fingerprint density at radius 2 is 2.11 bits per heavy atom. The van der Waals surface area contributed by atoms with Crippen molar-refractivity contribution in [3.05, 3.63) is 28.8 Å². The number of hydrogen-bond donors (Lipinski definition) is 1. The van der Waals surface area contributed by atoms with Crippen LogP contribution in [0.25, 0.3) is 0 Å². The van der Waals surface area contributed by atoms with Gasteiger partial charge in [-0.3, -0.25) is 0 Å². The first-order valence-electron chi connectivity index (χ1n) is 6.37. The highest BCUT2D eigenvalue weighted by atomic mass is 35.5. The Balaban J connectivity index is 1.89. The van der Waals surface area contributed by atoms with E-state index in [9.17, 15) is 0 Å². The predicted octanol–water partition coefficient (Wildman–Crippen LogP) is 3.40. The molecule has 2 N–H and O–H groups in total. The van der Waals surface area contributed by atoms with Gasteiger partial charge in [0.05, 0.1) is 18.8 Å². The molecule has 1 aliphatic rings. The zero-order valence-electron chi connectivity index (χ0n) is 10.7. The predicted molar refractivity (Wildman–Crippen MR) is 73.7 cm³/mol. The maximum absolute atomic E-state index is 5.95. The van der Waals surface area contributed by atoms with E-state index in [0.29, 0.717) is 17.7 Å². The molecule has 100 valence electrons. The molecule has 0 bridgehead atoms. The molecule has 2 rings (SSSR count). The molecule has 18 heavy (non-hydrogen) atoms. The summed E-state index contributed by atoms with van der Waals surface area (Å²) in [5, 5.41) is 0.696. The van der Waals surface area contributed by atoms with Gasteiger partial charge in [-0.1, -0.05) is 11.6 Å². The molecule has 0 aliphatic heterocycles. The second kappa shape index (κ2) is 6.41. The van der Waals surface area contributed by atoms with E-state index >= 15 is 0 Å². The maximum atomic E-state index is 5.95. The molecular weight excluding hydrogens is 250 g/mol. The van der Waals surface area contributed by atoms with Crippen LogP contribution in [-0.4, -0.2) is 19.3 Å². The smallest absolute Gasteiger partial charge is 0.0741 e. The van der Waals surface area contributed by atoms with Crippen LogP contribution in [0.2, 0.25) is 5.02 Å². The minimum Gasteiger partial charge on any atom is -0.398 e. The summed E-state index contributed by atoms with van der Waals surface area (Å²) in [6.45, 7) is 0.521. The van der Waals surface area contributed by atoms with E-state index in [2.05, 4.69) is 0 Å². The highest BCUT2D eigenvalue weighted by molar-refractivity contribution is 6.30. The molecule has 0 heterocycles. The lowest BCUT2D eigenvalue weighted by molar-refractivity contribution is -0.0361. The van der Waals surface area contributed by atoms with Crippen LogP contribution < -0.4 is 5.73 Å². The normalized spacial score (nSPS) is 24.1. The molecule has 4 heteroatoms. The van der Waals surface area contributed by atoms with Crippen molar-refractivity contribution in [2.75, 3.05) is 12.8 Å². The van der Waals surface area contributed by atoms with Gasteiger partial charge < -0.3 is 15.2 Å². The van der Waals surface area contributed by atoms with Gasteiger partial charge in [-0.25, -0.2) is 0 Å². The summed E-state index contributed by atoms with van der Waals surface area (Å²) in [5.74, 6) is 0. The van der Waals surface area contributed by atoms with Gasteiger partial charge in [-0.15, -0.1) is 0 Å². The van der Waals surface area contributed by atoms with Crippen molar-refractivity contribution < 1.29 is 9.47 Å². The van der Waals surface area contributed by atoms with Crippen molar-refractivity contribution in [1.82, 2.24) is 0 Å². The fraction of sp³-hybridized carbons (Fsp3) is 0.571. The van der Waals surface area contributed by atoms with Crippen LogP contribution in [0.5, 0.6) is 0 Å². The SMILES string of the molecule is COC1CCCC(OCc2cc(Cl)ccc2N)C1. The van der Waals surface area contributed by atoms with Crippen LogP contribution in [0.15, 0.2) is 18.2 Å². The van der Waals surface area contributed by atoms with Gasteiger partial charge in [-0.05, 0) is 43.9 Å². The molecule has 0 saturated heterocycles. The number of nitrogens with two attached hydrogens (primary N) is 1. The van der Waals surface area contributed by atoms with Crippen LogP contribution in [0.1, 0.15) is 31.2 Å². The molecule has 0 spiro atoms. The lowest BCUT2D eigenvalue weighted by Crippen LogP contribution is -2.27. The Labute approximate surface area is 113 Å². The molecule has 1 aromatic carbocycles. The molecule has 3 nitrogen and oxygen atoms in total. The van der Waals surface area contributed by atoms with Crippen LogP contribution >= 0.6 is 11.6 Å². The van der Waals surface area contributed by atoms with E-state index in [4.69, 9.17) is 26.8 Å². The first-order valence-corrected chi connectivity index (χ1v) is 6.75. The fourth-order valence-electron chi connectivity index (χ4n) is 2.37. The summed E-state index contributed by atoms with van der Waals surface area (Å²) in [7, 11) is 1.77. The third kappa shape index (κ3) is 3.61. The minimum absolute atomic E-state index is 0.266. The second-order valence-electron chi connectivity index (χ2n) is 4.80. The van der Waals surface area contributed by atoms with Crippen LogP contribution in [0, 0.1) is 0 Å². The summed E-state index contributed by atoms with van der Waals surface area (Å²) >= 11 is 5.95. The third-order valence-corrected chi connectivity index (χ3v) is 3.73. The van der Waals surface area contributed by atoms with Crippen LogP contribution in [-0.2, 0) is 16.1 Å². The molecule has 2 atom stereocenters. The lowest BCUT2D eigenvalue weighted by atomic mass is 9.95. The van der Waals surface area contributed by atoms with Crippen molar-refractivity contribution in [3.8, 4) is 0 Å². The van der Waals surface area contributed by atoms with Gasteiger partial charge >= 0.3 is 0 Å². The zero-order chi connectivity index (χ0) is 13.0. The van der Waals surface area contributed by atoms with Crippen LogP contribution in [0.4, 0.5) is 5.69 Å². The van der Waals surface area contributed by atoms with E-state index in [1.54, 1.807) is 13.2 Å². The number of benzene rings is 1. The summed E-state index contributed by atoms with van der Waals surface area (Å²) in [6.07, 6.45) is 4.96. The standard InChI is InChI=1S/C14H20ClNO2/c1-17-12-3-2-4-13(8-12)18-9-10-7-11(15)5-6-14(10)16/h5-7,12-13H,2-4,8-9,16H2,1H3. The van der Waals surface area contributed by atoms with Crippen molar-refractivity contribution in [3.63, 3.8) is 0 Å². The van der Waals surface area contributed by atoms with E-state index in [1.807, 2.05) is 12.1 Å². The molecule has 1 aromatic rings. The van der Waals surface area contributed by atoms with Gasteiger partial charge in [0.25, 0.3) is 0 Å². The molecular formula is C14H20ClNO2. The topological polar surface area (TPSA) is 44.5 Å². The van der Waals surface area contributed by atoms with Crippen molar-refractivity contribution in [2.45, 2.75) is 44.5 Å². The van der Waals surface area contributed by atoms with Gasteiger partial charge in [0.1, 0.15) is 0 Å². The highest BCUT2D eigenvalue weighted by Gasteiger charge is 2.22. The quantitative estimate of drug-likeness (QED) is 0.852. The van der Waals surface area contributed by atoms with E-state index in [-0.39, 0.29) is 6.10 Å². The Morgan fingerprint density at radius 1 is 1.33 bits per heavy atom. The zero-order valence-corrected chi connectivity index (χ0v) is 11.5. The molecule has 1 fully saturated rings. The molecule has 1 saturated carbocycles.